The highest BCUT2D eigenvalue weighted by Crippen LogP contribution is 2.36. The molecule has 0 spiro atoms. The molecule has 0 bridgehead atoms. The van der Waals surface area contributed by atoms with E-state index in [1.165, 1.54) is 5.56 Å². The molecule has 1 aliphatic heterocycles. The number of β-amino-alcohol motifs (C(OH)–C–C–N with tert-alkyl or cyclic N) is 1. The first kappa shape index (κ1) is 18.5. The molecule has 1 aliphatic rings. The number of rotatable bonds is 8. The molecule has 5 nitrogen and oxygen atoms in total. The van der Waals surface area contributed by atoms with Crippen molar-refractivity contribution >= 4 is 0 Å². The van der Waals surface area contributed by atoms with Gasteiger partial charge in [0.05, 0.1) is 14.2 Å². The predicted octanol–water partition coefficient (Wildman–Crippen LogP) is 3.28. The number of para-hydroxylation sites is 1. The fourth-order valence-electron chi connectivity index (χ4n) is 3.51. The number of hydrogen-bond acceptors (Lipinski definition) is 5. The van der Waals surface area contributed by atoms with Crippen LogP contribution in [0, 0.1) is 0 Å². The molecule has 140 valence electrons. The Kier molecular flexibility index (Phi) is 6.36. The average Bonchev–Trinajstić information content (AvgIpc) is 3.14. The standard InChI is InChI=1S/C21H27NO4/c1-24-20-11-10-16(13-21(20)25-2)19-9-6-12-22(19)14-17(23)15-26-18-7-4-3-5-8-18/h3-5,7-8,10-11,13,17,19,23H,6,9,12,14-15H2,1-2H3. The van der Waals surface area contributed by atoms with Crippen LogP contribution in [0.3, 0.4) is 0 Å². The number of benzene rings is 2. The summed E-state index contributed by atoms with van der Waals surface area (Å²) in [7, 11) is 3.29. The Morgan fingerprint density at radius 1 is 1.08 bits per heavy atom. The third-order valence-corrected chi connectivity index (χ3v) is 4.79. The highest BCUT2D eigenvalue weighted by Gasteiger charge is 2.28. The Bertz CT molecular complexity index is 692. The van der Waals surface area contributed by atoms with E-state index in [2.05, 4.69) is 11.0 Å². The molecule has 2 atom stereocenters. The van der Waals surface area contributed by atoms with Gasteiger partial charge in [0.25, 0.3) is 0 Å². The third kappa shape index (κ3) is 4.48. The van der Waals surface area contributed by atoms with E-state index in [0.717, 1.165) is 36.6 Å². The largest absolute Gasteiger partial charge is 0.493 e. The van der Waals surface area contributed by atoms with Gasteiger partial charge in [-0.05, 0) is 49.2 Å². The molecule has 1 saturated heterocycles. The molecule has 2 aromatic rings. The smallest absolute Gasteiger partial charge is 0.161 e. The number of aliphatic hydroxyl groups is 1. The Morgan fingerprint density at radius 3 is 2.58 bits per heavy atom. The molecule has 0 amide bonds. The molecule has 2 aromatic carbocycles. The van der Waals surface area contributed by atoms with Gasteiger partial charge in [0, 0.05) is 12.6 Å². The van der Waals surface area contributed by atoms with Crippen molar-refractivity contribution in [3.05, 3.63) is 54.1 Å². The summed E-state index contributed by atoms with van der Waals surface area (Å²) < 4.78 is 16.4. The van der Waals surface area contributed by atoms with Gasteiger partial charge in [0.15, 0.2) is 11.5 Å². The minimum atomic E-state index is -0.532. The summed E-state index contributed by atoms with van der Waals surface area (Å²) in [4.78, 5) is 2.32. The zero-order valence-corrected chi connectivity index (χ0v) is 15.4. The van der Waals surface area contributed by atoms with E-state index in [1.807, 2.05) is 42.5 Å². The Balaban J connectivity index is 1.61. The molecule has 1 heterocycles. The van der Waals surface area contributed by atoms with E-state index in [0.29, 0.717) is 13.2 Å². The quantitative estimate of drug-likeness (QED) is 0.786. The Labute approximate surface area is 155 Å². The molecule has 0 radical (unpaired) electrons. The van der Waals surface area contributed by atoms with Crippen molar-refractivity contribution in [3.63, 3.8) is 0 Å². The fraction of sp³-hybridized carbons (Fsp3) is 0.429. The van der Waals surface area contributed by atoms with E-state index in [-0.39, 0.29) is 6.04 Å². The second kappa shape index (κ2) is 8.92. The maximum atomic E-state index is 10.4. The molecule has 0 saturated carbocycles. The van der Waals surface area contributed by atoms with Crippen LogP contribution < -0.4 is 14.2 Å². The van der Waals surface area contributed by atoms with E-state index >= 15 is 0 Å². The normalized spacial score (nSPS) is 18.5. The van der Waals surface area contributed by atoms with Crippen molar-refractivity contribution in [3.8, 4) is 17.2 Å². The number of aliphatic hydroxyl groups excluding tert-OH is 1. The zero-order valence-electron chi connectivity index (χ0n) is 15.4. The first-order valence-corrected chi connectivity index (χ1v) is 9.03. The molecule has 1 fully saturated rings. The van der Waals surface area contributed by atoms with Crippen LogP contribution in [0.1, 0.15) is 24.4 Å². The van der Waals surface area contributed by atoms with Crippen molar-refractivity contribution in [1.29, 1.82) is 0 Å². The summed E-state index contributed by atoms with van der Waals surface area (Å²) >= 11 is 0. The van der Waals surface area contributed by atoms with Crippen LogP contribution in [0.4, 0.5) is 0 Å². The van der Waals surface area contributed by atoms with Gasteiger partial charge in [-0.25, -0.2) is 0 Å². The number of hydrogen-bond donors (Lipinski definition) is 1. The number of ether oxygens (including phenoxy) is 3. The SMILES string of the molecule is COc1ccc(C2CCCN2CC(O)COc2ccccc2)cc1OC. The summed E-state index contributed by atoms with van der Waals surface area (Å²) in [5.74, 6) is 2.26. The molecule has 3 rings (SSSR count). The lowest BCUT2D eigenvalue weighted by Crippen LogP contribution is -2.35. The van der Waals surface area contributed by atoms with Crippen molar-refractivity contribution in [2.75, 3.05) is 33.9 Å². The number of methoxy groups -OCH3 is 2. The fourth-order valence-corrected chi connectivity index (χ4v) is 3.51. The van der Waals surface area contributed by atoms with Gasteiger partial charge in [-0.2, -0.15) is 0 Å². The first-order valence-electron chi connectivity index (χ1n) is 9.03. The second-order valence-corrected chi connectivity index (χ2v) is 6.55. The van der Waals surface area contributed by atoms with Crippen LogP contribution in [-0.4, -0.2) is 50.0 Å². The van der Waals surface area contributed by atoms with Crippen LogP contribution >= 0.6 is 0 Å². The highest BCUT2D eigenvalue weighted by atomic mass is 16.5. The molecule has 0 aromatic heterocycles. The summed E-state index contributed by atoms with van der Waals surface area (Å²) in [6.45, 7) is 1.85. The monoisotopic (exact) mass is 357 g/mol. The van der Waals surface area contributed by atoms with Gasteiger partial charge < -0.3 is 19.3 Å². The minimum absolute atomic E-state index is 0.279. The highest BCUT2D eigenvalue weighted by molar-refractivity contribution is 5.44. The third-order valence-electron chi connectivity index (χ3n) is 4.79. The van der Waals surface area contributed by atoms with E-state index in [1.54, 1.807) is 14.2 Å². The summed E-state index contributed by atoms with van der Waals surface area (Å²) in [6, 6.07) is 15.9. The van der Waals surface area contributed by atoms with Crippen LogP contribution in [0.5, 0.6) is 17.2 Å². The minimum Gasteiger partial charge on any atom is -0.493 e. The molecular formula is C21H27NO4. The van der Waals surface area contributed by atoms with Crippen LogP contribution in [0.2, 0.25) is 0 Å². The number of likely N-dealkylation sites (tertiary alicyclic amines) is 1. The van der Waals surface area contributed by atoms with Gasteiger partial charge in [-0.3, -0.25) is 4.90 Å². The van der Waals surface area contributed by atoms with Crippen LogP contribution in [0.15, 0.2) is 48.5 Å². The maximum Gasteiger partial charge on any atom is 0.161 e. The zero-order chi connectivity index (χ0) is 18.4. The lowest BCUT2D eigenvalue weighted by molar-refractivity contribution is 0.0638. The molecule has 1 N–H and O–H groups in total. The number of nitrogens with zero attached hydrogens (tertiary/aromatic N) is 1. The van der Waals surface area contributed by atoms with Gasteiger partial charge in [0.2, 0.25) is 0 Å². The lowest BCUT2D eigenvalue weighted by Gasteiger charge is -2.27. The van der Waals surface area contributed by atoms with Crippen molar-refractivity contribution in [1.82, 2.24) is 4.90 Å². The summed E-state index contributed by atoms with van der Waals surface area (Å²) in [5, 5.41) is 10.4. The molecule has 5 heteroatoms. The van der Waals surface area contributed by atoms with Gasteiger partial charge >= 0.3 is 0 Å². The summed E-state index contributed by atoms with van der Waals surface area (Å²) in [5.41, 5.74) is 1.19. The van der Waals surface area contributed by atoms with Gasteiger partial charge in [0.1, 0.15) is 18.5 Å². The molecule has 0 aliphatic carbocycles. The van der Waals surface area contributed by atoms with E-state index in [4.69, 9.17) is 14.2 Å². The molecule has 2 unspecified atom stereocenters. The lowest BCUT2D eigenvalue weighted by atomic mass is 10.0. The predicted molar refractivity (Wildman–Crippen MR) is 101 cm³/mol. The van der Waals surface area contributed by atoms with E-state index < -0.39 is 6.10 Å². The van der Waals surface area contributed by atoms with Crippen molar-refractivity contribution in [2.24, 2.45) is 0 Å². The van der Waals surface area contributed by atoms with Crippen LogP contribution in [0.25, 0.3) is 0 Å². The van der Waals surface area contributed by atoms with Crippen molar-refractivity contribution < 1.29 is 19.3 Å². The van der Waals surface area contributed by atoms with Gasteiger partial charge in [-0.1, -0.05) is 24.3 Å². The summed E-state index contributed by atoms with van der Waals surface area (Å²) in [6.07, 6.45) is 1.66. The molecular weight excluding hydrogens is 330 g/mol. The second-order valence-electron chi connectivity index (χ2n) is 6.55. The molecule has 26 heavy (non-hydrogen) atoms. The van der Waals surface area contributed by atoms with E-state index in [9.17, 15) is 5.11 Å². The maximum absolute atomic E-state index is 10.4. The first-order chi connectivity index (χ1) is 12.7. The Morgan fingerprint density at radius 2 is 1.85 bits per heavy atom. The van der Waals surface area contributed by atoms with Crippen molar-refractivity contribution in [2.45, 2.75) is 25.0 Å². The van der Waals surface area contributed by atoms with Crippen LogP contribution in [-0.2, 0) is 0 Å². The topological polar surface area (TPSA) is 51.2 Å². The Hall–Kier alpha value is -2.24. The van der Waals surface area contributed by atoms with Gasteiger partial charge in [-0.15, -0.1) is 0 Å². The average molecular weight is 357 g/mol.